The van der Waals surface area contributed by atoms with Crippen LogP contribution >= 0.6 is 0 Å². The highest BCUT2D eigenvalue weighted by molar-refractivity contribution is 6.06. The topological polar surface area (TPSA) is 98.3 Å². The van der Waals surface area contributed by atoms with Gasteiger partial charge < -0.3 is 20.4 Å². The summed E-state index contributed by atoms with van der Waals surface area (Å²) in [5.74, 6) is 1.46. The Hall–Kier alpha value is -3.91. The summed E-state index contributed by atoms with van der Waals surface area (Å²) < 4.78 is 7.72. The first-order chi connectivity index (χ1) is 16.2. The van der Waals surface area contributed by atoms with Gasteiger partial charge in [-0.05, 0) is 62.3 Å². The van der Waals surface area contributed by atoms with E-state index in [1.165, 1.54) is 25.9 Å². The second kappa shape index (κ2) is 9.30. The molecule has 0 bridgehead atoms. The maximum atomic E-state index is 11.9. The summed E-state index contributed by atoms with van der Waals surface area (Å²) in [5.41, 5.74) is 7.73. The van der Waals surface area contributed by atoms with Crippen LogP contribution in [-0.4, -0.2) is 51.6 Å². The fraction of sp³-hybridized carbons (Fsp3) is 0.240. The van der Waals surface area contributed by atoms with E-state index in [9.17, 15) is 4.79 Å². The van der Waals surface area contributed by atoms with Gasteiger partial charge in [0.15, 0.2) is 0 Å². The molecule has 2 aromatic heterocycles. The van der Waals surface area contributed by atoms with Gasteiger partial charge >= 0.3 is 0 Å². The standard InChI is InChI=1S/C25H26N6O2/c26-24(32)21-17-31(22-6-2-1-5-20(21)22)23-11-12-27-25(29-23)28-18-7-9-19(10-8-18)33-16-15-30-13-3-4-14-30/h1-2,5-12,17H,3-4,13-16H2,(H2,26,32)(H,27,28,29). The predicted molar refractivity (Wildman–Crippen MR) is 128 cm³/mol. The molecule has 8 nitrogen and oxygen atoms in total. The zero-order valence-corrected chi connectivity index (χ0v) is 18.3. The molecule has 0 unspecified atom stereocenters. The summed E-state index contributed by atoms with van der Waals surface area (Å²) in [6.45, 7) is 4.00. The Morgan fingerprint density at radius 1 is 1.06 bits per heavy atom. The molecule has 1 saturated heterocycles. The van der Waals surface area contributed by atoms with Gasteiger partial charge in [0, 0.05) is 30.0 Å². The van der Waals surface area contributed by atoms with Crippen LogP contribution in [0.2, 0.25) is 0 Å². The smallest absolute Gasteiger partial charge is 0.250 e. The van der Waals surface area contributed by atoms with E-state index in [1.807, 2.05) is 53.1 Å². The highest BCUT2D eigenvalue weighted by Crippen LogP contribution is 2.25. The van der Waals surface area contributed by atoms with E-state index in [0.29, 0.717) is 23.9 Å². The van der Waals surface area contributed by atoms with Crippen LogP contribution in [-0.2, 0) is 0 Å². The first kappa shape index (κ1) is 21.0. The molecule has 3 N–H and O–H groups in total. The molecule has 5 rings (SSSR count). The maximum Gasteiger partial charge on any atom is 0.250 e. The molecule has 0 aliphatic carbocycles. The van der Waals surface area contributed by atoms with Gasteiger partial charge in [-0.1, -0.05) is 18.2 Å². The number of rotatable bonds is 8. The van der Waals surface area contributed by atoms with Crippen LogP contribution in [0.4, 0.5) is 11.6 Å². The van der Waals surface area contributed by atoms with Crippen molar-refractivity contribution in [3.8, 4) is 11.6 Å². The van der Waals surface area contributed by atoms with Crippen LogP contribution in [0, 0.1) is 0 Å². The quantitative estimate of drug-likeness (QED) is 0.431. The van der Waals surface area contributed by atoms with E-state index in [-0.39, 0.29) is 0 Å². The number of nitrogens with two attached hydrogens (primary N) is 1. The van der Waals surface area contributed by atoms with Crippen LogP contribution in [0.5, 0.6) is 5.75 Å². The summed E-state index contributed by atoms with van der Waals surface area (Å²) in [5, 5.41) is 4.02. The number of para-hydroxylation sites is 1. The molecule has 1 fully saturated rings. The number of benzene rings is 2. The Morgan fingerprint density at radius 2 is 1.85 bits per heavy atom. The molecule has 4 aromatic rings. The van der Waals surface area contributed by atoms with Gasteiger partial charge in [-0.3, -0.25) is 9.69 Å². The van der Waals surface area contributed by atoms with Crippen LogP contribution in [0.1, 0.15) is 23.2 Å². The molecule has 8 heteroatoms. The van der Waals surface area contributed by atoms with Crippen molar-refractivity contribution >= 4 is 28.4 Å². The largest absolute Gasteiger partial charge is 0.492 e. The number of amides is 1. The maximum absolute atomic E-state index is 11.9. The fourth-order valence-corrected chi connectivity index (χ4v) is 4.17. The lowest BCUT2D eigenvalue weighted by Gasteiger charge is -2.15. The minimum atomic E-state index is -0.472. The van der Waals surface area contributed by atoms with Crippen molar-refractivity contribution in [1.29, 1.82) is 0 Å². The van der Waals surface area contributed by atoms with Gasteiger partial charge in [-0.15, -0.1) is 0 Å². The van der Waals surface area contributed by atoms with Crippen LogP contribution in [0.15, 0.2) is 67.0 Å². The number of hydrogen-bond acceptors (Lipinski definition) is 6. The Balaban J connectivity index is 1.29. The lowest BCUT2D eigenvalue weighted by atomic mass is 10.2. The zero-order valence-electron chi connectivity index (χ0n) is 18.3. The predicted octanol–water partition coefficient (Wildman–Crippen LogP) is 3.74. The first-order valence-electron chi connectivity index (χ1n) is 11.1. The summed E-state index contributed by atoms with van der Waals surface area (Å²) in [7, 11) is 0. The SMILES string of the molecule is NC(=O)c1cn(-c2ccnc(Nc3ccc(OCCN4CCCC4)cc3)n2)c2ccccc12. The Labute approximate surface area is 192 Å². The average molecular weight is 443 g/mol. The lowest BCUT2D eigenvalue weighted by Crippen LogP contribution is -2.25. The molecule has 0 spiro atoms. The number of fused-ring (bicyclic) bond motifs is 1. The molecular formula is C25H26N6O2. The van der Waals surface area contributed by atoms with E-state index in [2.05, 4.69) is 20.2 Å². The molecule has 168 valence electrons. The number of nitrogens with one attached hydrogen (secondary N) is 1. The summed E-state index contributed by atoms with van der Waals surface area (Å²) in [6.07, 6.45) is 5.97. The van der Waals surface area contributed by atoms with Crippen LogP contribution in [0.25, 0.3) is 16.7 Å². The van der Waals surface area contributed by atoms with Gasteiger partial charge in [-0.25, -0.2) is 4.98 Å². The number of nitrogens with zero attached hydrogens (tertiary/aromatic N) is 4. The minimum Gasteiger partial charge on any atom is -0.492 e. The fourth-order valence-electron chi connectivity index (χ4n) is 4.17. The zero-order chi connectivity index (χ0) is 22.6. The number of aromatic nitrogens is 3. The second-order valence-electron chi connectivity index (χ2n) is 8.08. The number of anilines is 2. The lowest BCUT2D eigenvalue weighted by molar-refractivity contribution is 0.100. The molecule has 33 heavy (non-hydrogen) atoms. The van der Waals surface area contributed by atoms with Gasteiger partial charge in [0.2, 0.25) is 5.95 Å². The van der Waals surface area contributed by atoms with Crippen LogP contribution in [0.3, 0.4) is 0 Å². The van der Waals surface area contributed by atoms with Gasteiger partial charge in [0.25, 0.3) is 5.91 Å². The van der Waals surface area contributed by atoms with E-state index in [0.717, 1.165) is 28.9 Å². The highest BCUT2D eigenvalue weighted by Gasteiger charge is 2.14. The molecule has 1 aliphatic heterocycles. The molecule has 0 radical (unpaired) electrons. The van der Waals surface area contributed by atoms with E-state index < -0.39 is 5.91 Å². The molecule has 0 saturated carbocycles. The summed E-state index contributed by atoms with van der Waals surface area (Å²) >= 11 is 0. The Kier molecular flexibility index (Phi) is 5.91. The summed E-state index contributed by atoms with van der Waals surface area (Å²) in [4.78, 5) is 23.3. The monoisotopic (exact) mass is 442 g/mol. The van der Waals surface area contributed by atoms with Gasteiger partial charge in [0.1, 0.15) is 18.2 Å². The van der Waals surface area contributed by atoms with Crippen molar-refractivity contribution in [2.75, 3.05) is 31.6 Å². The third kappa shape index (κ3) is 4.65. The number of likely N-dealkylation sites (tertiary alicyclic amines) is 1. The molecule has 3 heterocycles. The number of ether oxygens (including phenoxy) is 1. The van der Waals surface area contributed by atoms with Gasteiger partial charge in [-0.2, -0.15) is 4.98 Å². The Morgan fingerprint density at radius 3 is 2.64 bits per heavy atom. The molecule has 2 aromatic carbocycles. The van der Waals surface area contributed by atoms with Gasteiger partial charge in [0.05, 0.1) is 11.1 Å². The molecule has 0 atom stereocenters. The second-order valence-corrected chi connectivity index (χ2v) is 8.08. The molecular weight excluding hydrogens is 416 g/mol. The normalized spacial score (nSPS) is 13.9. The first-order valence-corrected chi connectivity index (χ1v) is 11.1. The third-order valence-electron chi connectivity index (χ3n) is 5.85. The molecule has 1 amide bonds. The minimum absolute atomic E-state index is 0.452. The average Bonchev–Trinajstić information content (AvgIpc) is 3.49. The van der Waals surface area contributed by atoms with Crippen molar-refractivity contribution in [2.45, 2.75) is 12.8 Å². The number of primary amides is 1. The third-order valence-corrected chi connectivity index (χ3v) is 5.85. The molecule has 1 aliphatic rings. The highest BCUT2D eigenvalue weighted by atomic mass is 16.5. The summed E-state index contributed by atoms with van der Waals surface area (Å²) in [6, 6.07) is 17.2. The van der Waals surface area contributed by atoms with Crippen molar-refractivity contribution in [1.82, 2.24) is 19.4 Å². The van der Waals surface area contributed by atoms with Crippen molar-refractivity contribution in [2.24, 2.45) is 5.73 Å². The number of hydrogen-bond donors (Lipinski definition) is 2. The van der Waals surface area contributed by atoms with Crippen LogP contribution < -0.4 is 15.8 Å². The van der Waals surface area contributed by atoms with E-state index in [1.54, 1.807) is 18.5 Å². The Bertz CT molecular complexity index is 1260. The number of carbonyl (C=O) groups excluding carboxylic acids is 1. The van der Waals surface area contributed by atoms with Crippen molar-refractivity contribution in [3.05, 3.63) is 72.6 Å². The van der Waals surface area contributed by atoms with Crippen molar-refractivity contribution < 1.29 is 9.53 Å². The number of carbonyl (C=O) groups is 1. The van der Waals surface area contributed by atoms with Crippen molar-refractivity contribution in [3.63, 3.8) is 0 Å². The van der Waals surface area contributed by atoms with E-state index in [4.69, 9.17) is 10.5 Å². The van der Waals surface area contributed by atoms with E-state index >= 15 is 0 Å².